The summed E-state index contributed by atoms with van der Waals surface area (Å²) in [5.74, 6) is -0.118. The highest BCUT2D eigenvalue weighted by molar-refractivity contribution is 5.85. The van der Waals surface area contributed by atoms with Gasteiger partial charge in [0, 0.05) is 6.54 Å². The van der Waals surface area contributed by atoms with E-state index in [1.807, 2.05) is 32.3 Å². The molecule has 0 aliphatic carbocycles. The Hall–Kier alpha value is -0.810. The third kappa shape index (κ3) is 6.78. The van der Waals surface area contributed by atoms with Crippen LogP contribution in [-0.2, 0) is 4.79 Å². The first kappa shape index (κ1) is 20.5. The minimum Gasteiger partial charge on any atom is -0.353 e. The van der Waals surface area contributed by atoms with Crippen LogP contribution < -0.4 is 11.1 Å². The summed E-state index contributed by atoms with van der Waals surface area (Å²) in [5.41, 5.74) is 6.69. The van der Waals surface area contributed by atoms with Crippen molar-refractivity contribution in [3.8, 4) is 0 Å². The lowest BCUT2D eigenvalue weighted by atomic mass is 10.1. The van der Waals surface area contributed by atoms with Crippen molar-refractivity contribution >= 4 is 30.7 Å². The molecular weight excluding hydrogens is 285 g/mol. The van der Waals surface area contributed by atoms with Gasteiger partial charge in [0.15, 0.2) is 0 Å². The van der Waals surface area contributed by atoms with Gasteiger partial charge in [-0.2, -0.15) is 0 Å². The zero-order valence-corrected chi connectivity index (χ0v) is 13.1. The first-order chi connectivity index (χ1) is 8.02. The van der Waals surface area contributed by atoms with Gasteiger partial charge in [0.25, 0.3) is 0 Å². The average molecular weight is 308 g/mol. The van der Waals surface area contributed by atoms with Crippen LogP contribution in [0, 0.1) is 0 Å². The van der Waals surface area contributed by atoms with Gasteiger partial charge in [-0.15, -0.1) is 24.8 Å². The Labute approximate surface area is 127 Å². The maximum atomic E-state index is 11.4. The number of nitrogens with zero attached hydrogens (tertiary/aromatic N) is 1. The zero-order chi connectivity index (χ0) is 12.8. The number of halogens is 2. The number of carbonyl (C=O) groups is 1. The quantitative estimate of drug-likeness (QED) is 0.868. The molecule has 0 aliphatic heterocycles. The molecule has 0 radical (unpaired) electrons. The van der Waals surface area contributed by atoms with E-state index >= 15 is 0 Å². The summed E-state index contributed by atoms with van der Waals surface area (Å²) in [6.45, 7) is 2.25. The van der Waals surface area contributed by atoms with E-state index in [2.05, 4.69) is 22.3 Å². The van der Waals surface area contributed by atoms with Crippen molar-refractivity contribution in [3.05, 3.63) is 35.9 Å². The largest absolute Gasteiger partial charge is 0.353 e. The van der Waals surface area contributed by atoms with Gasteiger partial charge in [-0.25, -0.2) is 0 Å². The Bertz CT molecular complexity index is 358. The number of nitrogens with two attached hydrogens (primary N) is 1. The molecule has 1 amide bonds. The number of rotatable bonds is 5. The Morgan fingerprint density at radius 3 is 2.21 bits per heavy atom. The fraction of sp³-hybridized carbons (Fsp3) is 0.462. The fourth-order valence-electron chi connectivity index (χ4n) is 1.63. The SMILES string of the molecule is C[C@@H](N)C(=O)NCC(c1ccccc1)N(C)C.Cl.Cl. The molecule has 0 saturated heterocycles. The highest BCUT2D eigenvalue weighted by Crippen LogP contribution is 2.16. The van der Waals surface area contributed by atoms with Crippen molar-refractivity contribution in [2.45, 2.75) is 19.0 Å². The van der Waals surface area contributed by atoms with E-state index in [1.165, 1.54) is 5.56 Å². The van der Waals surface area contributed by atoms with Crippen LogP contribution in [0.5, 0.6) is 0 Å². The van der Waals surface area contributed by atoms with Gasteiger partial charge in [0.2, 0.25) is 5.91 Å². The highest BCUT2D eigenvalue weighted by Gasteiger charge is 2.15. The van der Waals surface area contributed by atoms with Crippen molar-refractivity contribution in [2.75, 3.05) is 20.6 Å². The maximum Gasteiger partial charge on any atom is 0.236 e. The topological polar surface area (TPSA) is 58.4 Å². The van der Waals surface area contributed by atoms with Gasteiger partial charge in [-0.3, -0.25) is 4.79 Å². The van der Waals surface area contributed by atoms with Crippen LogP contribution in [0.15, 0.2) is 30.3 Å². The monoisotopic (exact) mass is 307 g/mol. The molecule has 0 fully saturated rings. The Balaban J connectivity index is 0. The molecule has 0 bridgehead atoms. The highest BCUT2D eigenvalue weighted by atomic mass is 35.5. The van der Waals surface area contributed by atoms with E-state index in [9.17, 15) is 4.79 Å². The predicted molar refractivity (Wildman–Crippen MR) is 84.0 cm³/mol. The van der Waals surface area contributed by atoms with Crippen molar-refractivity contribution in [1.29, 1.82) is 0 Å². The molecule has 1 aromatic rings. The molecule has 19 heavy (non-hydrogen) atoms. The summed E-state index contributed by atoms with van der Waals surface area (Å²) in [4.78, 5) is 13.5. The number of hydrogen-bond acceptors (Lipinski definition) is 3. The third-order valence-corrected chi connectivity index (χ3v) is 2.69. The smallest absolute Gasteiger partial charge is 0.236 e. The van der Waals surface area contributed by atoms with Crippen LogP contribution in [0.2, 0.25) is 0 Å². The van der Waals surface area contributed by atoms with Gasteiger partial charge in [-0.05, 0) is 26.6 Å². The molecule has 1 unspecified atom stereocenters. The van der Waals surface area contributed by atoms with Crippen LogP contribution in [0.1, 0.15) is 18.5 Å². The molecule has 1 rings (SSSR count). The standard InChI is InChI=1S/C13H21N3O.2ClH/c1-10(14)13(17)15-9-12(16(2)3)11-7-5-4-6-8-11;;/h4-8,10,12H,9,14H2,1-3H3,(H,15,17);2*1H/t10-,12?;;/m1../s1. The van der Waals surface area contributed by atoms with Crippen molar-refractivity contribution in [1.82, 2.24) is 10.2 Å². The summed E-state index contributed by atoms with van der Waals surface area (Å²) in [5, 5.41) is 2.86. The molecule has 110 valence electrons. The Kier molecular flexibility index (Phi) is 10.8. The zero-order valence-electron chi connectivity index (χ0n) is 11.5. The lowest BCUT2D eigenvalue weighted by molar-refractivity contribution is -0.122. The molecule has 0 heterocycles. The average Bonchev–Trinajstić information content (AvgIpc) is 2.29. The number of benzene rings is 1. The van der Waals surface area contributed by atoms with Crippen LogP contribution in [0.3, 0.4) is 0 Å². The molecule has 0 saturated carbocycles. The van der Waals surface area contributed by atoms with Crippen molar-refractivity contribution in [3.63, 3.8) is 0 Å². The Morgan fingerprint density at radius 1 is 1.26 bits per heavy atom. The summed E-state index contributed by atoms with van der Waals surface area (Å²) in [6.07, 6.45) is 0. The van der Waals surface area contributed by atoms with Gasteiger partial charge in [-0.1, -0.05) is 30.3 Å². The molecule has 0 spiro atoms. The van der Waals surface area contributed by atoms with Crippen molar-refractivity contribution in [2.24, 2.45) is 5.73 Å². The van der Waals surface area contributed by atoms with Crippen LogP contribution in [0.25, 0.3) is 0 Å². The second-order valence-corrected chi connectivity index (χ2v) is 4.42. The minimum absolute atomic E-state index is 0. The first-order valence-corrected chi connectivity index (χ1v) is 5.77. The van der Waals surface area contributed by atoms with E-state index in [-0.39, 0.29) is 36.8 Å². The van der Waals surface area contributed by atoms with Gasteiger partial charge in [0.05, 0.1) is 12.1 Å². The second kappa shape index (κ2) is 10.0. The lowest BCUT2D eigenvalue weighted by Gasteiger charge is -2.25. The predicted octanol–water partition coefficient (Wildman–Crippen LogP) is 1.60. The summed E-state index contributed by atoms with van der Waals surface area (Å²) < 4.78 is 0. The number of likely N-dealkylation sites (N-methyl/N-ethyl adjacent to an activating group) is 1. The summed E-state index contributed by atoms with van der Waals surface area (Å²) in [6, 6.07) is 9.80. The fourth-order valence-corrected chi connectivity index (χ4v) is 1.63. The van der Waals surface area contributed by atoms with Crippen LogP contribution in [-0.4, -0.2) is 37.5 Å². The third-order valence-electron chi connectivity index (χ3n) is 2.69. The summed E-state index contributed by atoms with van der Waals surface area (Å²) >= 11 is 0. The maximum absolute atomic E-state index is 11.4. The van der Waals surface area contributed by atoms with E-state index in [0.717, 1.165) is 0 Å². The Morgan fingerprint density at radius 2 is 1.79 bits per heavy atom. The molecule has 2 atom stereocenters. The normalized spacial score (nSPS) is 12.9. The van der Waals surface area contributed by atoms with E-state index < -0.39 is 6.04 Å². The van der Waals surface area contributed by atoms with E-state index in [0.29, 0.717) is 6.54 Å². The number of nitrogens with one attached hydrogen (secondary N) is 1. The number of carbonyl (C=O) groups excluding carboxylic acids is 1. The van der Waals surface area contributed by atoms with Crippen molar-refractivity contribution < 1.29 is 4.79 Å². The molecule has 0 aromatic heterocycles. The molecule has 0 aliphatic rings. The molecule has 3 N–H and O–H groups in total. The minimum atomic E-state index is -0.464. The van der Waals surface area contributed by atoms with E-state index in [1.54, 1.807) is 6.92 Å². The molecular formula is C13H23Cl2N3O. The summed E-state index contributed by atoms with van der Waals surface area (Å²) in [7, 11) is 3.99. The van der Waals surface area contributed by atoms with E-state index in [4.69, 9.17) is 5.73 Å². The number of hydrogen-bond donors (Lipinski definition) is 2. The second-order valence-electron chi connectivity index (χ2n) is 4.42. The van der Waals surface area contributed by atoms with Crippen LogP contribution in [0.4, 0.5) is 0 Å². The molecule has 4 nitrogen and oxygen atoms in total. The molecule has 1 aromatic carbocycles. The van der Waals surface area contributed by atoms with Gasteiger partial charge < -0.3 is 16.0 Å². The first-order valence-electron chi connectivity index (χ1n) is 5.77. The lowest BCUT2D eigenvalue weighted by Crippen LogP contribution is -2.42. The number of amides is 1. The van der Waals surface area contributed by atoms with Gasteiger partial charge in [0.1, 0.15) is 0 Å². The van der Waals surface area contributed by atoms with Crippen LogP contribution >= 0.6 is 24.8 Å². The molecule has 6 heteroatoms. The van der Waals surface area contributed by atoms with Gasteiger partial charge >= 0.3 is 0 Å².